The summed E-state index contributed by atoms with van der Waals surface area (Å²) in [4.78, 5) is 14.4. The molecule has 0 atom stereocenters. The molecule has 0 spiro atoms. The van der Waals surface area contributed by atoms with Crippen molar-refractivity contribution in [1.82, 2.24) is 24.2 Å². The second-order valence-corrected chi connectivity index (χ2v) is 5.98. The van der Waals surface area contributed by atoms with E-state index >= 15 is 0 Å². The van der Waals surface area contributed by atoms with Crippen LogP contribution in [0.2, 0.25) is 0 Å². The average Bonchev–Trinajstić information content (AvgIpc) is 3.17. The van der Waals surface area contributed by atoms with Gasteiger partial charge in [0.05, 0.1) is 6.54 Å². The summed E-state index contributed by atoms with van der Waals surface area (Å²) in [5, 5.41) is 7.66. The van der Waals surface area contributed by atoms with Crippen LogP contribution in [0.1, 0.15) is 22.0 Å². The van der Waals surface area contributed by atoms with E-state index in [1.165, 1.54) is 4.90 Å². The van der Waals surface area contributed by atoms with Gasteiger partial charge in [0.15, 0.2) is 5.82 Å². The summed E-state index contributed by atoms with van der Waals surface area (Å²) in [6.45, 7) is 0.203. The van der Waals surface area contributed by atoms with Crippen molar-refractivity contribution in [3.63, 3.8) is 0 Å². The van der Waals surface area contributed by atoms with Crippen LogP contribution in [0.15, 0.2) is 30.5 Å². The van der Waals surface area contributed by atoms with Crippen molar-refractivity contribution in [2.24, 2.45) is 7.05 Å². The molecule has 0 fully saturated rings. The van der Waals surface area contributed by atoms with Crippen molar-refractivity contribution >= 4 is 16.8 Å². The molecule has 1 amide bonds. The van der Waals surface area contributed by atoms with Gasteiger partial charge in [-0.1, -0.05) is 6.07 Å². The molecule has 1 aliphatic rings. The first-order valence-corrected chi connectivity index (χ1v) is 7.69. The normalized spacial score (nSPS) is 14.8. The van der Waals surface area contributed by atoms with Gasteiger partial charge in [-0.15, -0.1) is 10.2 Å². The predicted molar refractivity (Wildman–Crippen MR) is 82.7 cm³/mol. The minimum absolute atomic E-state index is 0.00509. The van der Waals surface area contributed by atoms with Crippen molar-refractivity contribution in [3.05, 3.63) is 47.7 Å². The molecule has 4 rings (SSSR count). The minimum atomic E-state index is -4.55. The number of carbonyl (C=O) groups excluding carboxylic acids is 1. The van der Waals surface area contributed by atoms with Crippen LogP contribution < -0.4 is 0 Å². The molecule has 0 saturated carbocycles. The van der Waals surface area contributed by atoms with Gasteiger partial charge in [0.2, 0.25) is 5.82 Å². The van der Waals surface area contributed by atoms with Gasteiger partial charge in [0, 0.05) is 42.8 Å². The van der Waals surface area contributed by atoms with E-state index in [1.807, 2.05) is 29.9 Å². The number of benzene rings is 1. The molecule has 6 nitrogen and oxygen atoms in total. The molecule has 3 aromatic rings. The highest BCUT2D eigenvalue weighted by Gasteiger charge is 2.40. The fraction of sp³-hybridized carbons (Fsp3) is 0.312. The number of aryl methyl sites for hydroxylation is 1. The molecule has 0 unspecified atom stereocenters. The number of aromatic nitrogens is 4. The molecule has 2 aromatic heterocycles. The van der Waals surface area contributed by atoms with Gasteiger partial charge in [-0.2, -0.15) is 13.2 Å². The predicted octanol–water partition coefficient (Wildman–Crippen LogP) is 2.44. The van der Waals surface area contributed by atoms with Crippen molar-refractivity contribution in [2.45, 2.75) is 19.3 Å². The zero-order chi connectivity index (χ0) is 17.8. The van der Waals surface area contributed by atoms with Crippen LogP contribution in [-0.2, 0) is 26.3 Å². The van der Waals surface area contributed by atoms with E-state index in [2.05, 4.69) is 10.2 Å². The Morgan fingerprint density at radius 3 is 2.72 bits per heavy atom. The zero-order valence-electron chi connectivity index (χ0n) is 13.3. The third-order valence-electron chi connectivity index (χ3n) is 4.45. The number of amides is 1. The number of rotatable bonds is 1. The lowest BCUT2D eigenvalue weighted by molar-refractivity contribution is -0.147. The largest absolute Gasteiger partial charge is 0.451 e. The Labute approximate surface area is 140 Å². The first-order chi connectivity index (χ1) is 11.9. The lowest BCUT2D eigenvalue weighted by Crippen LogP contribution is -2.39. The molecular weight excluding hydrogens is 335 g/mol. The van der Waals surface area contributed by atoms with E-state index in [0.29, 0.717) is 5.56 Å². The molecule has 0 saturated heterocycles. The first-order valence-electron chi connectivity index (χ1n) is 7.69. The van der Waals surface area contributed by atoms with E-state index in [1.54, 1.807) is 12.1 Å². The van der Waals surface area contributed by atoms with Crippen LogP contribution in [0.4, 0.5) is 13.2 Å². The zero-order valence-corrected chi connectivity index (χ0v) is 13.3. The quantitative estimate of drug-likeness (QED) is 0.678. The number of alkyl halides is 3. The van der Waals surface area contributed by atoms with Gasteiger partial charge in [-0.05, 0) is 18.2 Å². The summed E-state index contributed by atoms with van der Waals surface area (Å²) in [6.07, 6.45) is -2.68. The second kappa shape index (κ2) is 5.33. The number of nitrogens with zero attached hydrogens (tertiary/aromatic N) is 5. The number of fused-ring (bicyclic) bond motifs is 2. The number of carbonyl (C=O) groups is 1. The van der Waals surface area contributed by atoms with Crippen LogP contribution in [0, 0.1) is 0 Å². The van der Waals surface area contributed by atoms with E-state index in [0.717, 1.165) is 15.5 Å². The average molecular weight is 349 g/mol. The molecule has 1 aliphatic heterocycles. The molecule has 25 heavy (non-hydrogen) atoms. The highest BCUT2D eigenvalue weighted by Crippen LogP contribution is 2.30. The van der Waals surface area contributed by atoms with Crippen LogP contribution in [0.5, 0.6) is 0 Å². The summed E-state index contributed by atoms with van der Waals surface area (Å²) in [6, 6.07) is 7.29. The molecule has 0 bridgehead atoms. The van der Waals surface area contributed by atoms with E-state index in [4.69, 9.17) is 0 Å². The van der Waals surface area contributed by atoms with E-state index in [-0.39, 0.29) is 31.4 Å². The van der Waals surface area contributed by atoms with Gasteiger partial charge >= 0.3 is 6.18 Å². The van der Waals surface area contributed by atoms with Gasteiger partial charge in [0.1, 0.15) is 0 Å². The standard InChI is InChI=1S/C16H14F3N5O/c1-22-6-5-10-11(3-2-4-12(10)22)14(25)23-7-8-24-13(9-23)20-21-15(24)16(17,18)19/h2-6H,7-9H2,1H3. The molecule has 1 aromatic carbocycles. The van der Waals surface area contributed by atoms with E-state index < -0.39 is 12.0 Å². The Kier molecular flexibility index (Phi) is 3.34. The first kappa shape index (κ1) is 15.7. The summed E-state index contributed by atoms with van der Waals surface area (Å²) in [5.74, 6) is -1.09. The lowest BCUT2D eigenvalue weighted by atomic mass is 10.1. The van der Waals surface area contributed by atoms with Crippen LogP contribution in [0.3, 0.4) is 0 Å². The molecule has 0 radical (unpaired) electrons. The lowest BCUT2D eigenvalue weighted by Gasteiger charge is -2.28. The minimum Gasteiger partial charge on any atom is -0.351 e. The molecule has 3 heterocycles. The monoisotopic (exact) mass is 349 g/mol. The second-order valence-electron chi connectivity index (χ2n) is 5.98. The summed E-state index contributed by atoms with van der Waals surface area (Å²) in [7, 11) is 1.89. The summed E-state index contributed by atoms with van der Waals surface area (Å²) >= 11 is 0. The van der Waals surface area contributed by atoms with Crippen LogP contribution in [0.25, 0.3) is 10.9 Å². The Morgan fingerprint density at radius 1 is 1.16 bits per heavy atom. The van der Waals surface area contributed by atoms with Gasteiger partial charge in [-0.3, -0.25) is 4.79 Å². The van der Waals surface area contributed by atoms with Gasteiger partial charge < -0.3 is 14.0 Å². The number of hydrogen-bond donors (Lipinski definition) is 0. The van der Waals surface area contributed by atoms with E-state index in [9.17, 15) is 18.0 Å². The maximum Gasteiger partial charge on any atom is 0.451 e. The SMILES string of the molecule is Cn1ccc2c(C(=O)N3CCn4c(nnc4C(F)(F)F)C3)cccc21. The fourth-order valence-electron chi connectivity index (χ4n) is 3.20. The summed E-state index contributed by atoms with van der Waals surface area (Å²) < 4.78 is 41.6. The molecule has 130 valence electrons. The van der Waals surface area contributed by atoms with Crippen LogP contribution in [-0.4, -0.2) is 36.7 Å². The molecule has 0 N–H and O–H groups in total. The highest BCUT2D eigenvalue weighted by atomic mass is 19.4. The smallest absolute Gasteiger partial charge is 0.351 e. The molecular formula is C16H14F3N5O. The highest BCUT2D eigenvalue weighted by molar-refractivity contribution is 6.06. The van der Waals surface area contributed by atoms with Crippen molar-refractivity contribution in [1.29, 1.82) is 0 Å². The molecule has 0 aliphatic carbocycles. The topological polar surface area (TPSA) is 56.0 Å². The Balaban J connectivity index is 1.65. The van der Waals surface area contributed by atoms with Crippen molar-refractivity contribution in [2.75, 3.05) is 6.54 Å². The van der Waals surface area contributed by atoms with Crippen LogP contribution >= 0.6 is 0 Å². The number of hydrogen-bond acceptors (Lipinski definition) is 3. The van der Waals surface area contributed by atoms with Gasteiger partial charge in [-0.25, -0.2) is 0 Å². The maximum atomic E-state index is 12.9. The Hall–Kier alpha value is -2.84. The fourth-order valence-corrected chi connectivity index (χ4v) is 3.20. The third kappa shape index (κ3) is 2.46. The van der Waals surface area contributed by atoms with Crippen molar-refractivity contribution < 1.29 is 18.0 Å². The number of halogens is 3. The third-order valence-corrected chi connectivity index (χ3v) is 4.45. The summed E-state index contributed by atoms with van der Waals surface area (Å²) in [5.41, 5.74) is 1.45. The Bertz CT molecular complexity index is 972. The Morgan fingerprint density at radius 2 is 1.96 bits per heavy atom. The van der Waals surface area contributed by atoms with Crippen molar-refractivity contribution in [3.8, 4) is 0 Å². The maximum absolute atomic E-state index is 12.9. The van der Waals surface area contributed by atoms with Gasteiger partial charge in [0.25, 0.3) is 5.91 Å². The molecule has 9 heteroatoms.